The van der Waals surface area contributed by atoms with Crippen LogP contribution in [0.5, 0.6) is 0 Å². The van der Waals surface area contributed by atoms with Crippen LogP contribution in [0.4, 0.5) is 0 Å². The Morgan fingerprint density at radius 2 is 2.09 bits per heavy atom. The highest BCUT2D eigenvalue weighted by Gasteiger charge is 2.25. The molecular formula is C14H17N5O2S2. The van der Waals surface area contributed by atoms with E-state index >= 15 is 0 Å². The molecule has 122 valence electrons. The summed E-state index contributed by atoms with van der Waals surface area (Å²) in [5, 5.41) is 4.26. The lowest BCUT2D eigenvalue weighted by atomic mass is 10.2. The molecule has 0 fully saturated rings. The van der Waals surface area contributed by atoms with Crippen molar-refractivity contribution in [1.29, 1.82) is 0 Å². The number of aryl methyl sites for hydroxylation is 1. The van der Waals surface area contributed by atoms with Crippen LogP contribution in [0, 0.1) is 6.92 Å². The highest BCUT2D eigenvalue weighted by Crippen LogP contribution is 2.25. The number of hydrogen-bond acceptors (Lipinski definition) is 6. The molecule has 0 unspecified atom stereocenters. The second-order valence-electron chi connectivity index (χ2n) is 5.22. The first-order valence-corrected chi connectivity index (χ1v) is 9.31. The zero-order valence-electron chi connectivity index (χ0n) is 13.1. The minimum Gasteiger partial charge on any atom is -0.270 e. The monoisotopic (exact) mass is 351 g/mol. The Morgan fingerprint density at radius 1 is 1.30 bits per heavy atom. The molecule has 3 aromatic rings. The van der Waals surface area contributed by atoms with E-state index in [0.717, 1.165) is 29.5 Å². The van der Waals surface area contributed by atoms with Crippen molar-refractivity contribution in [3.05, 3.63) is 35.7 Å². The van der Waals surface area contributed by atoms with E-state index < -0.39 is 10.0 Å². The molecular weight excluding hydrogens is 334 g/mol. The number of nitrogens with zero attached hydrogens (tertiary/aromatic N) is 5. The fraction of sp³-hybridized carbons (Fsp3) is 0.357. The van der Waals surface area contributed by atoms with Crippen molar-refractivity contribution in [3.8, 4) is 0 Å². The number of rotatable bonds is 5. The van der Waals surface area contributed by atoms with Crippen LogP contribution in [-0.2, 0) is 23.1 Å². The van der Waals surface area contributed by atoms with Gasteiger partial charge in [0, 0.05) is 31.4 Å². The lowest BCUT2D eigenvalue weighted by molar-refractivity contribution is 0.466. The molecule has 0 amide bonds. The van der Waals surface area contributed by atoms with Gasteiger partial charge >= 0.3 is 0 Å². The van der Waals surface area contributed by atoms with Crippen LogP contribution in [0.15, 0.2) is 29.3 Å². The molecule has 7 nitrogen and oxygen atoms in total. The summed E-state index contributed by atoms with van der Waals surface area (Å²) in [6.45, 7) is 4.96. The molecule has 23 heavy (non-hydrogen) atoms. The predicted molar refractivity (Wildman–Crippen MR) is 88.7 cm³/mol. The van der Waals surface area contributed by atoms with Crippen molar-refractivity contribution in [2.45, 2.75) is 31.8 Å². The minimum absolute atomic E-state index is 0.187. The van der Waals surface area contributed by atoms with Crippen LogP contribution >= 0.6 is 11.7 Å². The molecule has 0 radical (unpaired) electrons. The molecule has 0 aliphatic carbocycles. The summed E-state index contributed by atoms with van der Waals surface area (Å²) >= 11 is 1.01. The number of sulfonamides is 1. The van der Waals surface area contributed by atoms with Gasteiger partial charge in [-0.1, -0.05) is 6.07 Å². The quantitative estimate of drug-likeness (QED) is 0.702. The van der Waals surface area contributed by atoms with E-state index in [2.05, 4.69) is 13.8 Å². The topological polar surface area (TPSA) is 81.0 Å². The third-order valence-electron chi connectivity index (χ3n) is 3.83. The van der Waals surface area contributed by atoms with Gasteiger partial charge in [-0.2, -0.15) is 18.2 Å². The highest BCUT2D eigenvalue weighted by molar-refractivity contribution is 7.89. The van der Waals surface area contributed by atoms with E-state index in [1.807, 2.05) is 18.5 Å². The average molecular weight is 351 g/mol. The molecule has 0 aliphatic heterocycles. The first kappa shape index (κ1) is 16.0. The number of hydrogen-bond donors (Lipinski definition) is 0. The Hall–Kier alpha value is -1.84. The van der Waals surface area contributed by atoms with Gasteiger partial charge in [-0.05, 0) is 26.0 Å². The maximum Gasteiger partial charge on any atom is 0.245 e. The van der Waals surface area contributed by atoms with Gasteiger partial charge in [0.15, 0.2) is 0 Å². The normalized spacial score (nSPS) is 12.3. The molecule has 2 heterocycles. The first-order chi connectivity index (χ1) is 10.9. The Kier molecular flexibility index (Phi) is 4.17. The zero-order chi connectivity index (χ0) is 16.6. The Balaban J connectivity index is 1.96. The second-order valence-corrected chi connectivity index (χ2v) is 7.76. The third kappa shape index (κ3) is 2.75. The van der Waals surface area contributed by atoms with E-state index in [0.29, 0.717) is 11.0 Å². The van der Waals surface area contributed by atoms with Crippen LogP contribution in [-0.4, -0.2) is 38.3 Å². The van der Waals surface area contributed by atoms with E-state index in [1.54, 1.807) is 31.4 Å². The largest absolute Gasteiger partial charge is 0.270 e. The van der Waals surface area contributed by atoms with Crippen molar-refractivity contribution < 1.29 is 8.42 Å². The van der Waals surface area contributed by atoms with Crippen molar-refractivity contribution in [2.24, 2.45) is 0 Å². The summed E-state index contributed by atoms with van der Waals surface area (Å²) in [6.07, 6.45) is 1.72. The smallest absolute Gasteiger partial charge is 0.245 e. The summed E-state index contributed by atoms with van der Waals surface area (Å²) in [7, 11) is -2.08. The van der Waals surface area contributed by atoms with Gasteiger partial charge in [0.1, 0.15) is 15.9 Å². The van der Waals surface area contributed by atoms with Gasteiger partial charge in [-0.15, -0.1) is 0 Å². The summed E-state index contributed by atoms with van der Waals surface area (Å²) in [6, 6.07) is 5.01. The van der Waals surface area contributed by atoms with Gasteiger partial charge in [-0.3, -0.25) is 4.68 Å². The molecule has 0 atom stereocenters. The molecule has 0 bridgehead atoms. The molecule has 0 N–H and O–H groups in total. The molecule has 0 aliphatic rings. The van der Waals surface area contributed by atoms with Crippen LogP contribution in [0.25, 0.3) is 11.0 Å². The van der Waals surface area contributed by atoms with E-state index in [-0.39, 0.29) is 11.4 Å². The van der Waals surface area contributed by atoms with Crippen LogP contribution in [0.2, 0.25) is 0 Å². The van der Waals surface area contributed by atoms with Crippen LogP contribution in [0.1, 0.15) is 18.2 Å². The fourth-order valence-electron chi connectivity index (χ4n) is 2.44. The first-order valence-electron chi connectivity index (χ1n) is 7.14. The van der Waals surface area contributed by atoms with Crippen molar-refractivity contribution >= 4 is 32.8 Å². The summed E-state index contributed by atoms with van der Waals surface area (Å²) in [5.74, 6) is 0. The number of fused-ring (bicyclic) bond motifs is 1. The summed E-state index contributed by atoms with van der Waals surface area (Å²) < 4.78 is 37.1. The lowest BCUT2D eigenvalue weighted by Crippen LogP contribution is -2.27. The van der Waals surface area contributed by atoms with E-state index in [1.165, 1.54) is 4.31 Å². The predicted octanol–water partition coefficient (Wildman–Crippen LogP) is 2.04. The van der Waals surface area contributed by atoms with Gasteiger partial charge in [0.2, 0.25) is 10.0 Å². The Bertz CT molecular complexity index is 945. The average Bonchev–Trinajstić information content (AvgIpc) is 3.14. The van der Waals surface area contributed by atoms with Gasteiger partial charge in [0.05, 0.1) is 17.9 Å². The molecule has 0 saturated heterocycles. The highest BCUT2D eigenvalue weighted by atomic mass is 32.2. The fourth-order valence-corrected chi connectivity index (χ4v) is 4.34. The van der Waals surface area contributed by atoms with E-state index in [9.17, 15) is 8.42 Å². The number of benzene rings is 1. The van der Waals surface area contributed by atoms with Crippen molar-refractivity contribution in [3.63, 3.8) is 0 Å². The standard InChI is InChI=1S/C14H17N5O2S2/c1-4-19-10(2)11(8-15-19)9-18(3)23(20,21)13-7-5-6-12-14(13)17-22-16-12/h5-8H,4,9H2,1-3H3. The molecule has 2 aromatic heterocycles. The van der Waals surface area contributed by atoms with Gasteiger partial charge in [0.25, 0.3) is 0 Å². The summed E-state index contributed by atoms with van der Waals surface area (Å²) in [5.41, 5.74) is 2.88. The molecule has 0 spiro atoms. The van der Waals surface area contributed by atoms with Crippen molar-refractivity contribution in [1.82, 2.24) is 22.8 Å². The zero-order valence-corrected chi connectivity index (χ0v) is 14.7. The van der Waals surface area contributed by atoms with Crippen LogP contribution < -0.4 is 0 Å². The van der Waals surface area contributed by atoms with Gasteiger partial charge < -0.3 is 0 Å². The van der Waals surface area contributed by atoms with E-state index in [4.69, 9.17) is 0 Å². The molecule has 1 aromatic carbocycles. The second kappa shape index (κ2) is 5.99. The third-order valence-corrected chi connectivity index (χ3v) is 6.21. The van der Waals surface area contributed by atoms with Gasteiger partial charge in [-0.25, -0.2) is 8.42 Å². The molecule has 9 heteroatoms. The maximum absolute atomic E-state index is 12.9. The minimum atomic E-state index is -3.65. The van der Waals surface area contributed by atoms with Crippen molar-refractivity contribution in [2.75, 3.05) is 7.05 Å². The molecule has 3 rings (SSSR count). The number of aromatic nitrogens is 4. The summed E-state index contributed by atoms with van der Waals surface area (Å²) in [4.78, 5) is 0.187. The van der Waals surface area contributed by atoms with Crippen LogP contribution in [0.3, 0.4) is 0 Å². The molecule has 0 saturated carbocycles. The SMILES string of the molecule is CCn1ncc(CN(C)S(=O)(=O)c2cccc3nsnc23)c1C. The lowest BCUT2D eigenvalue weighted by Gasteiger charge is -2.17. The Labute approximate surface area is 138 Å². The maximum atomic E-state index is 12.9. The Morgan fingerprint density at radius 3 is 2.78 bits per heavy atom.